The molecule has 2 rings (SSSR count). The molecule has 1 unspecified atom stereocenters. The van der Waals surface area contributed by atoms with Crippen LogP contribution in [0.25, 0.3) is 0 Å². The fourth-order valence-electron chi connectivity index (χ4n) is 2.03. The summed E-state index contributed by atoms with van der Waals surface area (Å²) < 4.78 is 0. The van der Waals surface area contributed by atoms with Gasteiger partial charge in [-0.3, -0.25) is 0 Å². The van der Waals surface area contributed by atoms with Crippen LogP contribution in [0.1, 0.15) is 36.9 Å². The number of nitrogens with zero attached hydrogens (tertiary/aromatic N) is 2. The molecule has 0 amide bonds. The number of likely N-dealkylation sites (N-methyl/N-ethyl adjacent to an activating group) is 1. The van der Waals surface area contributed by atoms with Gasteiger partial charge in [0.1, 0.15) is 0 Å². The van der Waals surface area contributed by atoms with Crippen molar-refractivity contribution in [3.05, 3.63) is 16.1 Å². The Morgan fingerprint density at radius 3 is 2.94 bits per heavy atom. The van der Waals surface area contributed by atoms with Gasteiger partial charge in [-0.25, -0.2) is 4.98 Å². The normalized spacial score (nSPS) is 22.9. The molecule has 2 N–H and O–H groups in total. The molecule has 3 nitrogen and oxygen atoms in total. The third kappa shape index (κ3) is 2.29. The second-order valence-electron chi connectivity index (χ2n) is 5.41. The molecule has 0 bridgehead atoms. The smallest absolute Gasteiger partial charge is 0.0972 e. The van der Waals surface area contributed by atoms with E-state index in [0.717, 1.165) is 12.2 Å². The average Bonchev–Trinajstić information content (AvgIpc) is 2.85. The van der Waals surface area contributed by atoms with Crippen molar-refractivity contribution in [2.24, 2.45) is 5.73 Å². The van der Waals surface area contributed by atoms with E-state index in [1.165, 1.54) is 18.0 Å². The van der Waals surface area contributed by atoms with Crippen molar-refractivity contribution in [3.8, 4) is 0 Å². The minimum atomic E-state index is 0.0132. The van der Waals surface area contributed by atoms with Crippen LogP contribution in [0.2, 0.25) is 0 Å². The molecule has 16 heavy (non-hydrogen) atoms. The lowest BCUT2D eigenvalue weighted by Crippen LogP contribution is -2.28. The standard InChI is InChI=1S/C12H21N3S/c1-12(2,8-13)10-7-16-11(14-10)9-4-5-15(3)6-9/h7,9H,4-6,8,13H2,1-3H3. The number of likely N-dealkylation sites (tertiary alicyclic amines) is 1. The summed E-state index contributed by atoms with van der Waals surface area (Å²) in [5.41, 5.74) is 6.95. The van der Waals surface area contributed by atoms with Gasteiger partial charge in [0.15, 0.2) is 0 Å². The Kier molecular flexibility index (Phi) is 3.33. The van der Waals surface area contributed by atoms with Gasteiger partial charge in [0.05, 0.1) is 10.7 Å². The molecule has 1 aliphatic heterocycles. The highest BCUT2D eigenvalue weighted by Gasteiger charge is 2.27. The topological polar surface area (TPSA) is 42.2 Å². The van der Waals surface area contributed by atoms with Crippen molar-refractivity contribution in [3.63, 3.8) is 0 Å². The van der Waals surface area contributed by atoms with Crippen LogP contribution in [0.4, 0.5) is 0 Å². The van der Waals surface area contributed by atoms with Gasteiger partial charge in [0.25, 0.3) is 0 Å². The quantitative estimate of drug-likeness (QED) is 0.874. The van der Waals surface area contributed by atoms with Crippen molar-refractivity contribution in [2.75, 3.05) is 26.7 Å². The summed E-state index contributed by atoms with van der Waals surface area (Å²) in [6, 6.07) is 0. The van der Waals surface area contributed by atoms with Crippen molar-refractivity contribution < 1.29 is 0 Å². The first kappa shape index (κ1) is 12.0. The maximum atomic E-state index is 5.78. The van der Waals surface area contributed by atoms with E-state index in [-0.39, 0.29) is 5.41 Å². The molecule has 90 valence electrons. The zero-order valence-corrected chi connectivity index (χ0v) is 11.2. The highest BCUT2D eigenvalue weighted by Crippen LogP contribution is 2.31. The molecule has 0 aromatic carbocycles. The summed E-state index contributed by atoms with van der Waals surface area (Å²) in [5.74, 6) is 0.636. The molecule has 0 spiro atoms. The highest BCUT2D eigenvalue weighted by atomic mass is 32.1. The Morgan fingerprint density at radius 1 is 1.62 bits per heavy atom. The minimum absolute atomic E-state index is 0.0132. The zero-order valence-electron chi connectivity index (χ0n) is 10.4. The molecule has 0 saturated carbocycles. The Morgan fingerprint density at radius 2 is 2.38 bits per heavy atom. The summed E-state index contributed by atoms with van der Waals surface area (Å²) in [4.78, 5) is 7.16. The number of hydrogen-bond acceptors (Lipinski definition) is 4. The monoisotopic (exact) mass is 239 g/mol. The van der Waals surface area contributed by atoms with Gasteiger partial charge in [-0.15, -0.1) is 11.3 Å². The summed E-state index contributed by atoms with van der Waals surface area (Å²) in [6.07, 6.45) is 1.24. The highest BCUT2D eigenvalue weighted by molar-refractivity contribution is 7.09. The molecule has 1 aromatic rings. The second-order valence-corrected chi connectivity index (χ2v) is 6.30. The average molecular weight is 239 g/mol. The predicted molar refractivity (Wildman–Crippen MR) is 69.0 cm³/mol. The van der Waals surface area contributed by atoms with Crippen molar-refractivity contribution in [1.82, 2.24) is 9.88 Å². The Labute approximate surface area is 102 Å². The number of hydrogen-bond donors (Lipinski definition) is 1. The Bertz CT molecular complexity index is 359. The molecule has 0 radical (unpaired) electrons. The molecule has 4 heteroatoms. The number of thiazole rings is 1. The van der Waals surface area contributed by atoms with E-state index >= 15 is 0 Å². The maximum absolute atomic E-state index is 5.78. The molecule has 0 aliphatic carbocycles. The molecular weight excluding hydrogens is 218 g/mol. The zero-order chi connectivity index (χ0) is 11.8. The number of aromatic nitrogens is 1. The van der Waals surface area contributed by atoms with Crippen LogP contribution < -0.4 is 5.73 Å². The lowest BCUT2D eigenvalue weighted by molar-refractivity contribution is 0.411. The number of rotatable bonds is 3. The predicted octanol–water partition coefficient (Wildman–Crippen LogP) is 1.80. The van der Waals surface area contributed by atoms with Gasteiger partial charge in [-0.2, -0.15) is 0 Å². The molecule has 1 saturated heterocycles. The van der Waals surface area contributed by atoms with Crippen LogP contribution >= 0.6 is 11.3 Å². The first-order valence-corrected chi connectivity index (χ1v) is 6.75. The summed E-state index contributed by atoms with van der Waals surface area (Å²) in [7, 11) is 2.18. The van der Waals surface area contributed by atoms with Crippen LogP contribution in [0.5, 0.6) is 0 Å². The Hall–Kier alpha value is -0.450. The van der Waals surface area contributed by atoms with Gasteiger partial charge in [0.2, 0.25) is 0 Å². The SMILES string of the molecule is CN1CCC(c2nc(C(C)(C)CN)cs2)C1. The van der Waals surface area contributed by atoms with Crippen LogP contribution in [0.3, 0.4) is 0 Å². The second kappa shape index (κ2) is 4.43. The third-order valence-corrected chi connectivity index (χ3v) is 4.47. The fourth-order valence-corrected chi connectivity index (χ4v) is 3.17. The van der Waals surface area contributed by atoms with Gasteiger partial charge in [-0.05, 0) is 20.0 Å². The van der Waals surface area contributed by atoms with E-state index in [1.807, 2.05) is 0 Å². The molecule has 1 aliphatic rings. The first-order chi connectivity index (χ1) is 7.53. The molecule has 1 fully saturated rings. The maximum Gasteiger partial charge on any atom is 0.0972 e. The molecule has 1 aromatic heterocycles. The molecule has 1 atom stereocenters. The van der Waals surface area contributed by atoms with Crippen LogP contribution in [0, 0.1) is 0 Å². The van der Waals surface area contributed by atoms with Crippen LogP contribution in [-0.4, -0.2) is 36.6 Å². The lowest BCUT2D eigenvalue weighted by atomic mass is 9.90. The van der Waals surface area contributed by atoms with Gasteiger partial charge in [-0.1, -0.05) is 13.8 Å². The van der Waals surface area contributed by atoms with Crippen molar-refractivity contribution >= 4 is 11.3 Å². The molecule has 2 heterocycles. The van der Waals surface area contributed by atoms with E-state index in [9.17, 15) is 0 Å². The van der Waals surface area contributed by atoms with E-state index in [1.54, 1.807) is 11.3 Å². The largest absolute Gasteiger partial charge is 0.330 e. The lowest BCUT2D eigenvalue weighted by Gasteiger charge is -2.19. The number of nitrogens with two attached hydrogens (primary N) is 1. The third-order valence-electron chi connectivity index (χ3n) is 3.47. The van der Waals surface area contributed by atoms with Gasteiger partial charge >= 0.3 is 0 Å². The van der Waals surface area contributed by atoms with E-state index in [0.29, 0.717) is 12.5 Å². The minimum Gasteiger partial charge on any atom is -0.330 e. The van der Waals surface area contributed by atoms with E-state index in [4.69, 9.17) is 10.7 Å². The van der Waals surface area contributed by atoms with E-state index < -0.39 is 0 Å². The summed E-state index contributed by atoms with van der Waals surface area (Å²) in [5, 5.41) is 3.47. The Balaban J connectivity index is 2.14. The summed E-state index contributed by atoms with van der Waals surface area (Å²) >= 11 is 1.80. The first-order valence-electron chi connectivity index (χ1n) is 5.87. The van der Waals surface area contributed by atoms with Crippen molar-refractivity contribution in [2.45, 2.75) is 31.6 Å². The van der Waals surface area contributed by atoms with Crippen LogP contribution in [-0.2, 0) is 5.41 Å². The summed E-state index contributed by atoms with van der Waals surface area (Å²) in [6.45, 7) is 7.32. The van der Waals surface area contributed by atoms with E-state index in [2.05, 4.69) is 31.2 Å². The van der Waals surface area contributed by atoms with Crippen molar-refractivity contribution in [1.29, 1.82) is 0 Å². The van der Waals surface area contributed by atoms with Crippen LogP contribution in [0.15, 0.2) is 5.38 Å². The fraction of sp³-hybridized carbons (Fsp3) is 0.750. The van der Waals surface area contributed by atoms with Gasteiger partial charge in [0, 0.05) is 29.8 Å². The van der Waals surface area contributed by atoms with Gasteiger partial charge < -0.3 is 10.6 Å². The molecular formula is C12H21N3S.